The van der Waals surface area contributed by atoms with Gasteiger partial charge in [0.1, 0.15) is 11.8 Å². The van der Waals surface area contributed by atoms with Gasteiger partial charge in [0.15, 0.2) is 0 Å². The van der Waals surface area contributed by atoms with Crippen molar-refractivity contribution in [3.8, 4) is 24.2 Å². The number of nitriles is 1. The monoisotopic (exact) mass is 356 g/mol. The van der Waals surface area contributed by atoms with E-state index in [9.17, 15) is 10.1 Å². The Kier molecular flexibility index (Phi) is 5.20. The van der Waals surface area contributed by atoms with Crippen LogP contribution < -0.4 is 15.4 Å². The van der Waals surface area contributed by atoms with Gasteiger partial charge in [0.05, 0.1) is 29.1 Å². The number of hydrogen-bond donors (Lipinski definition) is 2. The highest BCUT2D eigenvalue weighted by Gasteiger charge is 2.14. The maximum atomic E-state index is 11.0. The molecule has 0 saturated heterocycles. The molecule has 0 radical (unpaired) electrons. The Hall–Kier alpha value is -4.03. The van der Waals surface area contributed by atoms with Crippen molar-refractivity contribution in [2.45, 2.75) is 6.92 Å². The molecule has 1 heterocycles. The van der Waals surface area contributed by atoms with Gasteiger partial charge in [-0.15, -0.1) is 6.42 Å². The molecule has 0 unspecified atom stereocenters. The first-order valence-corrected chi connectivity index (χ1v) is 8.23. The van der Waals surface area contributed by atoms with E-state index in [-0.39, 0.29) is 0 Å². The third-order valence-corrected chi connectivity index (χ3v) is 3.90. The van der Waals surface area contributed by atoms with E-state index in [0.717, 1.165) is 11.3 Å². The molecule has 1 amide bonds. The van der Waals surface area contributed by atoms with Crippen LogP contribution in [-0.4, -0.2) is 18.0 Å². The number of benzene rings is 2. The molecule has 0 aliphatic heterocycles. The minimum Gasteiger partial charge on any atom is -0.492 e. The molecule has 27 heavy (non-hydrogen) atoms. The summed E-state index contributed by atoms with van der Waals surface area (Å²) >= 11 is 0. The Balaban J connectivity index is 2.19. The number of carbonyl (C=O) groups excluding carboxylic acids is 1. The van der Waals surface area contributed by atoms with Crippen molar-refractivity contribution in [2.24, 2.45) is 0 Å². The van der Waals surface area contributed by atoms with E-state index in [1.54, 1.807) is 12.1 Å². The predicted octanol–water partition coefficient (Wildman–Crippen LogP) is 3.80. The average Bonchev–Trinajstić information content (AvgIpc) is 2.69. The van der Waals surface area contributed by atoms with Gasteiger partial charge in [0.2, 0.25) is 6.41 Å². The van der Waals surface area contributed by atoms with Gasteiger partial charge in [0, 0.05) is 28.9 Å². The number of nitrogens with zero attached hydrogens (tertiary/aromatic N) is 2. The fourth-order valence-electron chi connectivity index (χ4n) is 2.72. The lowest BCUT2D eigenvalue weighted by Gasteiger charge is -2.15. The second-order valence-electron chi connectivity index (χ2n) is 5.57. The van der Waals surface area contributed by atoms with E-state index in [1.165, 1.54) is 6.20 Å². The number of amides is 1. The summed E-state index contributed by atoms with van der Waals surface area (Å²) in [6, 6.07) is 12.9. The zero-order chi connectivity index (χ0) is 19.2. The van der Waals surface area contributed by atoms with Gasteiger partial charge < -0.3 is 15.4 Å². The number of pyridine rings is 1. The number of nitrogens with one attached hydrogen (secondary N) is 2. The molecule has 0 spiro atoms. The van der Waals surface area contributed by atoms with Crippen molar-refractivity contribution in [1.29, 1.82) is 5.26 Å². The minimum absolute atomic E-state index is 0.370. The lowest BCUT2D eigenvalue weighted by Crippen LogP contribution is -2.02. The largest absolute Gasteiger partial charge is 0.492 e. The van der Waals surface area contributed by atoms with Gasteiger partial charge in [-0.1, -0.05) is 12.0 Å². The number of carbonyl (C=O) groups is 1. The number of hydrogen-bond acceptors (Lipinski definition) is 5. The number of fused-ring (bicyclic) bond motifs is 1. The van der Waals surface area contributed by atoms with Crippen molar-refractivity contribution in [3.63, 3.8) is 0 Å². The minimum atomic E-state index is 0.370. The standard InChI is InChI=1S/C21H16N4O2/c1-3-14-6-5-7-16(8-14)25-21-15(11-22)12-23-18-10-20(27-4-2)19(24-13-26)9-17(18)21/h1,5-10,12-13H,4H2,2H3,(H,23,25)(H,24,26). The fraction of sp³-hybridized carbons (Fsp3) is 0.0952. The van der Waals surface area contributed by atoms with Crippen LogP contribution in [0.15, 0.2) is 42.6 Å². The summed E-state index contributed by atoms with van der Waals surface area (Å²) < 4.78 is 5.57. The molecule has 0 fully saturated rings. The van der Waals surface area contributed by atoms with E-state index in [0.29, 0.717) is 46.6 Å². The summed E-state index contributed by atoms with van der Waals surface area (Å²) in [7, 11) is 0. The van der Waals surface area contributed by atoms with Gasteiger partial charge in [-0.25, -0.2) is 0 Å². The Morgan fingerprint density at radius 2 is 2.19 bits per heavy atom. The van der Waals surface area contributed by atoms with E-state index in [4.69, 9.17) is 11.2 Å². The van der Waals surface area contributed by atoms with E-state index >= 15 is 0 Å². The molecule has 0 aliphatic rings. The number of ether oxygens (including phenoxy) is 1. The lowest BCUT2D eigenvalue weighted by atomic mass is 10.1. The summed E-state index contributed by atoms with van der Waals surface area (Å²) in [4.78, 5) is 15.3. The smallest absolute Gasteiger partial charge is 0.211 e. The summed E-state index contributed by atoms with van der Waals surface area (Å²) in [5.74, 6) is 3.09. The quantitative estimate of drug-likeness (QED) is 0.518. The molecular formula is C21H16N4O2. The van der Waals surface area contributed by atoms with Crippen molar-refractivity contribution in [3.05, 3.63) is 53.7 Å². The van der Waals surface area contributed by atoms with Gasteiger partial charge in [-0.2, -0.15) is 5.26 Å². The van der Waals surface area contributed by atoms with Crippen LogP contribution in [0.3, 0.4) is 0 Å². The Morgan fingerprint density at radius 3 is 2.89 bits per heavy atom. The van der Waals surface area contributed by atoms with Crippen LogP contribution >= 0.6 is 0 Å². The van der Waals surface area contributed by atoms with Crippen LogP contribution in [-0.2, 0) is 4.79 Å². The highest BCUT2D eigenvalue weighted by Crippen LogP contribution is 2.35. The van der Waals surface area contributed by atoms with Crippen LogP contribution in [0.5, 0.6) is 5.75 Å². The SMILES string of the molecule is C#Cc1cccc(Nc2c(C#N)cnc3cc(OCC)c(NC=O)cc23)c1. The van der Waals surface area contributed by atoms with Crippen molar-refractivity contribution >= 4 is 34.4 Å². The van der Waals surface area contributed by atoms with E-state index in [2.05, 4.69) is 27.6 Å². The lowest BCUT2D eigenvalue weighted by molar-refractivity contribution is -0.105. The van der Waals surface area contributed by atoms with Crippen LogP contribution in [0.4, 0.5) is 17.1 Å². The third-order valence-electron chi connectivity index (χ3n) is 3.90. The highest BCUT2D eigenvalue weighted by molar-refractivity contribution is 6.00. The molecule has 132 valence electrons. The number of rotatable bonds is 6. The number of terminal acetylenes is 1. The molecule has 6 nitrogen and oxygen atoms in total. The first-order valence-electron chi connectivity index (χ1n) is 8.23. The van der Waals surface area contributed by atoms with Gasteiger partial charge in [0.25, 0.3) is 0 Å². The Bertz CT molecular complexity index is 1090. The zero-order valence-corrected chi connectivity index (χ0v) is 14.6. The number of aromatic nitrogens is 1. The highest BCUT2D eigenvalue weighted by atomic mass is 16.5. The molecular weight excluding hydrogens is 340 g/mol. The molecule has 3 rings (SSSR count). The predicted molar refractivity (Wildman–Crippen MR) is 105 cm³/mol. The van der Waals surface area contributed by atoms with E-state index < -0.39 is 0 Å². The fourth-order valence-corrected chi connectivity index (χ4v) is 2.72. The molecule has 0 aliphatic carbocycles. The Morgan fingerprint density at radius 1 is 1.33 bits per heavy atom. The molecule has 1 aromatic heterocycles. The van der Waals surface area contributed by atoms with Crippen LogP contribution in [0.1, 0.15) is 18.1 Å². The zero-order valence-electron chi connectivity index (χ0n) is 14.6. The maximum Gasteiger partial charge on any atom is 0.211 e. The van der Waals surface area contributed by atoms with Crippen molar-refractivity contribution in [2.75, 3.05) is 17.2 Å². The summed E-state index contributed by atoms with van der Waals surface area (Å²) in [6.07, 6.45) is 7.54. The third kappa shape index (κ3) is 3.65. The molecule has 0 atom stereocenters. The molecule has 0 bridgehead atoms. The van der Waals surface area contributed by atoms with Crippen LogP contribution in [0, 0.1) is 23.7 Å². The van der Waals surface area contributed by atoms with Crippen LogP contribution in [0.25, 0.3) is 10.9 Å². The van der Waals surface area contributed by atoms with Crippen molar-refractivity contribution in [1.82, 2.24) is 4.98 Å². The van der Waals surface area contributed by atoms with E-state index in [1.807, 2.05) is 31.2 Å². The number of anilines is 3. The van der Waals surface area contributed by atoms with Gasteiger partial charge in [-0.05, 0) is 31.2 Å². The summed E-state index contributed by atoms with van der Waals surface area (Å²) in [6.45, 7) is 2.30. The maximum absolute atomic E-state index is 11.0. The molecule has 2 N–H and O–H groups in total. The molecule has 0 saturated carbocycles. The van der Waals surface area contributed by atoms with Crippen LogP contribution in [0.2, 0.25) is 0 Å². The Labute approximate surface area is 156 Å². The van der Waals surface area contributed by atoms with Gasteiger partial charge >= 0.3 is 0 Å². The topological polar surface area (TPSA) is 87.0 Å². The molecule has 6 heteroatoms. The normalized spacial score (nSPS) is 9.89. The second kappa shape index (κ2) is 7.90. The summed E-state index contributed by atoms with van der Waals surface area (Å²) in [5, 5.41) is 16.1. The average molecular weight is 356 g/mol. The molecule has 2 aromatic carbocycles. The first-order chi connectivity index (χ1) is 13.2. The molecule has 3 aromatic rings. The second-order valence-corrected chi connectivity index (χ2v) is 5.57. The van der Waals surface area contributed by atoms with Crippen molar-refractivity contribution < 1.29 is 9.53 Å². The summed E-state index contributed by atoms with van der Waals surface area (Å²) in [5.41, 5.74) is 3.54. The first kappa shape index (κ1) is 17.8. The van der Waals surface area contributed by atoms with Gasteiger partial charge in [-0.3, -0.25) is 9.78 Å².